The van der Waals surface area contributed by atoms with Gasteiger partial charge in [0.15, 0.2) is 6.10 Å². The zero-order valence-corrected chi connectivity index (χ0v) is 13.6. The van der Waals surface area contributed by atoms with Crippen LogP contribution in [-0.2, 0) is 9.53 Å². The molecule has 0 spiro atoms. The lowest BCUT2D eigenvalue weighted by molar-refractivity contribution is -0.384. The minimum Gasteiger partial charge on any atom is -0.449 e. The Balaban J connectivity index is 2.04. The van der Waals surface area contributed by atoms with Gasteiger partial charge in [0, 0.05) is 12.1 Å². The van der Waals surface area contributed by atoms with Crippen molar-refractivity contribution < 1.29 is 23.6 Å². The Kier molecular flexibility index (Phi) is 5.66. The van der Waals surface area contributed by atoms with E-state index < -0.39 is 28.7 Å². The smallest absolute Gasteiger partial charge is 0.341 e. The molecule has 0 saturated heterocycles. The number of non-ortho nitro benzene ring substituents is 1. The van der Waals surface area contributed by atoms with Crippen molar-refractivity contribution in [3.8, 4) is 0 Å². The van der Waals surface area contributed by atoms with Crippen molar-refractivity contribution in [1.29, 1.82) is 0 Å². The van der Waals surface area contributed by atoms with E-state index in [9.17, 15) is 24.1 Å². The number of benzene rings is 2. The molecule has 1 amide bonds. The lowest BCUT2D eigenvalue weighted by Crippen LogP contribution is -2.30. The van der Waals surface area contributed by atoms with E-state index in [-0.39, 0.29) is 22.0 Å². The summed E-state index contributed by atoms with van der Waals surface area (Å²) in [4.78, 5) is 34.0. The van der Waals surface area contributed by atoms with Crippen molar-refractivity contribution in [2.45, 2.75) is 13.0 Å². The van der Waals surface area contributed by atoms with Crippen LogP contribution in [0, 0.1) is 15.9 Å². The lowest BCUT2D eigenvalue weighted by Gasteiger charge is -2.14. The lowest BCUT2D eigenvalue weighted by atomic mass is 10.2. The molecule has 0 fully saturated rings. The normalized spacial score (nSPS) is 11.5. The summed E-state index contributed by atoms with van der Waals surface area (Å²) in [6, 6.07) is 8.70. The van der Waals surface area contributed by atoms with Gasteiger partial charge in [-0.3, -0.25) is 14.9 Å². The molecule has 0 radical (unpaired) electrons. The minimum atomic E-state index is -1.24. The maximum Gasteiger partial charge on any atom is 0.341 e. The Morgan fingerprint density at radius 3 is 2.56 bits per heavy atom. The summed E-state index contributed by atoms with van der Waals surface area (Å²) in [5.74, 6) is -2.48. The molecule has 0 aliphatic rings. The second-order valence-electron chi connectivity index (χ2n) is 4.94. The number of hydrogen-bond donors (Lipinski definition) is 1. The number of carbonyl (C=O) groups excluding carboxylic acids is 2. The molecule has 2 rings (SSSR count). The van der Waals surface area contributed by atoms with Gasteiger partial charge in [0.05, 0.1) is 21.2 Å². The Hall–Kier alpha value is -3.00. The molecule has 0 aromatic heterocycles. The summed E-state index contributed by atoms with van der Waals surface area (Å²) in [6.45, 7) is 1.30. The van der Waals surface area contributed by atoms with Gasteiger partial charge in [-0.1, -0.05) is 23.7 Å². The number of nitrogens with one attached hydrogen (secondary N) is 1. The first-order valence-electron chi connectivity index (χ1n) is 7.00. The number of nitro groups is 1. The fraction of sp³-hybridized carbons (Fsp3) is 0.125. The number of amides is 1. The van der Waals surface area contributed by atoms with Crippen molar-refractivity contribution >= 4 is 34.9 Å². The molecule has 0 aliphatic carbocycles. The van der Waals surface area contributed by atoms with Crippen LogP contribution in [0.5, 0.6) is 0 Å². The summed E-state index contributed by atoms with van der Waals surface area (Å²) in [5.41, 5.74) is -0.413. The fourth-order valence-electron chi connectivity index (χ4n) is 1.86. The predicted molar refractivity (Wildman–Crippen MR) is 88.0 cm³/mol. The molecule has 0 bridgehead atoms. The van der Waals surface area contributed by atoms with Crippen LogP contribution in [0.25, 0.3) is 0 Å². The topological polar surface area (TPSA) is 98.5 Å². The largest absolute Gasteiger partial charge is 0.449 e. The number of halogens is 2. The Labute approximate surface area is 146 Å². The van der Waals surface area contributed by atoms with Crippen LogP contribution >= 0.6 is 11.6 Å². The number of rotatable bonds is 5. The van der Waals surface area contributed by atoms with Gasteiger partial charge >= 0.3 is 5.97 Å². The van der Waals surface area contributed by atoms with E-state index in [1.54, 1.807) is 0 Å². The maximum atomic E-state index is 13.5. The van der Waals surface area contributed by atoms with Gasteiger partial charge < -0.3 is 10.1 Å². The van der Waals surface area contributed by atoms with E-state index in [2.05, 4.69) is 5.32 Å². The molecule has 130 valence electrons. The summed E-state index contributed by atoms with van der Waals surface area (Å²) in [6.07, 6.45) is -1.24. The highest BCUT2D eigenvalue weighted by atomic mass is 35.5. The maximum absolute atomic E-state index is 13.5. The molecular weight excluding hydrogens is 355 g/mol. The molecule has 2 aromatic carbocycles. The van der Waals surface area contributed by atoms with Crippen LogP contribution < -0.4 is 5.32 Å². The highest BCUT2D eigenvalue weighted by molar-refractivity contribution is 6.34. The third-order valence-electron chi connectivity index (χ3n) is 3.17. The molecule has 0 heterocycles. The second kappa shape index (κ2) is 7.71. The van der Waals surface area contributed by atoms with Gasteiger partial charge in [0.2, 0.25) is 0 Å². The molecule has 9 heteroatoms. The first kappa shape index (κ1) is 18.3. The Morgan fingerprint density at radius 2 is 1.96 bits per heavy atom. The predicted octanol–water partition coefficient (Wildman–Crippen LogP) is 3.57. The second-order valence-corrected chi connectivity index (χ2v) is 5.35. The van der Waals surface area contributed by atoms with Crippen LogP contribution in [0.2, 0.25) is 5.02 Å². The number of esters is 1. The van der Waals surface area contributed by atoms with Crippen molar-refractivity contribution in [2.24, 2.45) is 0 Å². The van der Waals surface area contributed by atoms with Gasteiger partial charge in [-0.05, 0) is 25.1 Å². The van der Waals surface area contributed by atoms with E-state index >= 15 is 0 Å². The van der Waals surface area contributed by atoms with E-state index in [1.165, 1.54) is 31.2 Å². The SMILES string of the molecule is C[C@H](OC(=O)c1ccccc1F)C(=O)Nc1ccc([N+](=O)[O-])cc1Cl. The molecule has 7 nitrogen and oxygen atoms in total. The monoisotopic (exact) mass is 366 g/mol. The molecular formula is C16H12ClFN2O5. The fourth-order valence-corrected chi connectivity index (χ4v) is 2.08. The third-order valence-corrected chi connectivity index (χ3v) is 3.48. The van der Waals surface area contributed by atoms with Crippen molar-refractivity contribution in [2.75, 3.05) is 5.32 Å². The number of anilines is 1. The first-order chi connectivity index (χ1) is 11.8. The van der Waals surface area contributed by atoms with Gasteiger partial charge in [-0.15, -0.1) is 0 Å². The molecule has 25 heavy (non-hydrogen) atoms. The van der Waals surface area contributed by atoms with Gasteiger partial charge in [0.25, 0.3) is 11.6 Å². The standard InChI is InChI=1S/C16H12ClFN2O5/c1-9(25-16(22)11-4-2-3-5-13(11)18)15(21)19-14-7-6-10(20(23)24)8-12(14)17/h2-9H,1H3,(H,19,21)/t9-/m0/s1. The van der Waals surface area contributed by atoms with Gasteiger partial charge in [-0.2, -0.15) is 0 Å². The average Bonchev–Trinajstić information content (AvgIpc) is 2.56. The number of nitrogens with zero attached hydrogens (tertiary/aromatic N) is 1. The van der Waals surface area contributed by atoms with E-state index in [0.29, 0.717) is 0 Å². The molecule has 1 N–H and O–H groups in total. The number of ether oxygens (including phenoxy) is 1. The summed E-state index contributed by atoms with van der Waals surface area (Å²) < 4.78 is 18.4. The first-order valence-corrected chi connectivity index (χ1v) is 7.37. The number of nitro benzene ring substituents is 1. The van der Waals surface area contributed by atoms with Crippen LogP contribution in [-0.4, -0.2) is 22.9 Å². The van der Waals surface area contributed by atoms with Crippen LogP contribution in [0.1, 0.15) is 17.3 Å². The Bertz CT molecular complexity index is 843. The van der Waals surface area contributed by atoms with Crippen molar-refractivity contribution in [1.82, 2.24) is 0 Å². The number of carbonyl (C=O) groups is 2. The van der Waals surface area contributed by atoms with Crippen LogP contribution in [0.15, 0.2) is 42.5 Å². The van der Waals surface area contributed by atoms with Crippen LogP contribution in [0.4, 0.5) is 15.8 Å². The summed E-state index contributed by atoms with van der Waals surface area (Å²) >= 11 is 5.87. The molecule has 0 aliphatic heterocycles. The van der Waals surface area contributed by atoms with E-state index in [0.717, 1.165) is 18.2 Å². The highest BCUT2D eigenvalue weighted by Crippen LogP contribution is 2.26. The van der Waals surface area contributed by atoms with Crippen LogP contribution in [0.3, 0.4) is 0 Å². The zero-order chi connectivity index (χ0) is 18.6. The molecule has 0 saturated carbocycles. The summed E-state index contributed by atoms with van der Waals surface area (Å²) in [7, 11) is 0. The number of hydrogen-bond acceptors (Lipinski definition) is 5. The quantitative estimate of drug-likeness (QED) is 0.495. The highest BCUT2D eigenvalue weighted by Gasteiger charge is 2.22. The van der Waals surface area contributed by atoms with Gasteiger partial charge in [-0.25, -0.2) is 9.18 Å². The third kappa shape index (κ3) is 4.51. The van der Waals surface area contributed by atoms with Crippen molar-refractivity contribution in [3.05, 3.63) is 69.0 Å². The van der Waals surface area contributed by atoms with E-state index in [4.69, 9.17) is 16.3 Å². The molecule has 1 atom stereocenters. The average molecular weight is 367 g/mol. The Morgan fingerprint density at radius 1 is 1.28 bits per heavy atom. The molecule has 2 aromatic rings. The molecule has 0 unspecified atom stereocenters. The summed E-state index contributed by atoms with van der Waals surface area (Å²) in [5, 5.41) is 13.0. The van der Waals surface area contributed by atoms with Gasteiger partial charge in [0.1, 0.15) is 5.82 Å². The minimum absolute atomic E-state index is 0.0461. The zero-order valence-electron chi connectivity index (χ0n) is 12.9. The van der Waals surface area contributed by atoms with E-state index in [1.807, 2.05) is 0 Å². The van der Waals surface area contributed by atoms with Crippen molar-refractivity contribution in [3.63, 3.8) is 0 Å².